The summed E-state index contributed by atoms with van der Waals surface area (Å²) in [4.78, 5) is 11.7. The maximum absolute atomic E-state index is 11.7. The minimum Gasteiger partial charge on any atom is -0.420 e. The molecule has 4 heteroatoms. The van der Waals surface area contributed by atoms with E-state index >= 15 is 0 Å². The Kier molecular flexibility index (Phi) is 6.08. The number of carbonyl (C=O) groups is 1. The molecule has 3 nitrogen and oxygen atoms in total. The lowest BCUT2D eigenvalue weighted by Crippen LogP contribution is -2.31. The van der Waals surface area contributed by atoms with E-state index in [1.54, 1.807) is 7.11 Å². The van der Waals surface area contributed by atoms with Gasteiger partial charge in [-0.05, 0) is 31.1 Å². The van der Waals surface area contributed by atoms with Crippen molar-refractivity contribution in [2.45, 2.75) is 32.0 Å². The lowest BCUT2D eigenvalue weighted by atomic mass is 10.1. The first-order valence-electron chi connectivity index (χ1n) is 6.39. The van der Waals surface area contributed by atoms with Crippen LogP contribution >= 0.6 is 0 Å². The SMILES string of the molecule is CO[Si](C)(C)CCCNC(=O)Cc1ccccc1. The van der Waals surface area contributed by atoms with Gasteiger partial charge >= 0.3 is 0 Å². The summed E-state index contributed by atoms with van der Waals surface area (Å²) < 4.78 is 5.47. The van der Waals surface area contributed by atoms with Crippen LogP contribution in [-0.4, -0.2) is 27.9 Å². The quantitative estimate of drug-likeness (QED) is 0.608. The second-order valence-corrected chi connectivity index (χ2v) is 9.51. The van der Waals surface area contributed by atoms with Crippen LogP contribution in [0.15, 0.2) is 30.3 Å². The summed E-state index contributed by atoms with van der Waals surface area (Å²) in [5.74, 6) is 0.0955. The molecule has 0 saturated carbocycles. The zero-order chi connectivity index (χ0) is 13.4. The van der Waals surface area contributed by atoms with Gasteiger partial charge in [0.2, 0.25) is 5.91 Å². The van der Waals surface area contributed by atoms with Crippen LogP contribution in [0.5, 0.6) is 0 Å². The summed E-state index contributed by atoms with van der Waals surface area (Å²) in [7, 11) is 0.303. The van der Waals surface area contributed by atoms with Crippen LogP contribution in [0.1, 0.15) is 12.0 Å². The standard InChI is InChI=1S/C14H23NO2Si/c1-17-18(2,3)11-7-10-15-14(16)12-13-8-5-4-6-9-13/h4-6,8-9H,7,10-12H2,1-3H3,(H,15,16). The molecule has 0 saturated heterocycles. The molecular weight excluding hydrogens is 242 g/mol. The normalized spacial score (nSPS) is 11.3. The fraction of sp³-hybridized carbons (Fsp3) is 0.500. The van der Waals surface area contributed by atoms with Gasteiger partial charge in [0.1, 0.15) is 0 Å². The number of carbonyl (C=O) groups excluding carboxylic acids is 1. The van der Waals surface area contributed by atoms with Gasteiger partial charge in [-0.15, -0.1) is 0 Å². The van der Waals surface area contributed by atoms with Gasteiger partial charge in [0.05, 0.1) is 6.42 Å². The van der Waals surface area contributed by atoms with E-state index in [0.29, 0.717) is 6.42 Å². The van der Waals surface area contributed by atoms with E-state index in [2.05, 4.69) is 18.4 Å². The number of amides is 1. The van der Waals surface area contributed by atoms with Crippen molar-refractivity contribution in [2.75, 3.05) is 13.7 Å². The van der Waals surface area contributed by atoms with Crippen molar-refractivity contribution in [3.63, 3.8) is 0 Å². The highest BCUT2D eigenvalue weighted by atomic mass is 28.4. The Morgan fingerprint density at radius 2 is 1.94 bits per heavy atom. The van der Waals surface area contributed by atoms with E-state index in [0.717, 1.165) is 24.6 Å². The maximum atomic E-state index is 11.7. The molecule has 100 valence electrons. The number of rotatable bonds is 7. The van der Waals surface area contributed by atoms with Crippen LogP contribution in [0.3, 0.4) is 0 Å². The predicted molar refractivity (Wildman–Crippen MR) is 77.1 cm³/mol. The first-order valence-corrected chi connectivity index (χ1v) is 9.51. The molecule has 0 aliphatic heterocycles. The van der Waals surface area contributed by atoms with Crippen molar-refractivity contribution in [3.05, 3.63) is 35.9 Å². The summed E-state index contributed by atoms with van der Waals surface area (Å²) in [5.41, 5.74) is 1.06. The Hall–Kier alpha value is -1.13. The van der Waals surface area contributed by atoms with Gasteiger partial charge in [0.15, 0.2) is 8.32 Å². The molecule has 0 radical (unpaired) electrons. The molecule has 18 heavy (non-hydrogen) atoms. The van der Waals surface area contributed by atoms with E-state index in [9.17, 15) is 4.79 Å². The number of hydrogen-bond acceptors (Lipinski definition) is 2. The van der Waals surface area contributed by atoms with Gasteiger partial charge in [-0.1, -0.05) is 30.3 Å². The summed E-state index contributed by atoms with van der Waals surface area (Å²) >= 11 is 0. The number of benzene rings is 1. The summed E-state index contributed by atoms with van der Waals surface area (Å²) in [5, 5.41) is 2.96. The molecular formula is C14H23NO2Si. The van der Waals surface area contributed by atoms with Crippen molar-refractivity contribution < 1.29 is 9.22 Å². The van der Waals surface area contributed by atoms with Crippen LogP contribution in [0.25, 0.3) is 0 Å². The Balaban J connectivity index is 2.18. The van der Waals surface area contributed by atoms with Gasteiger partial charge < -0.3 is 9.74 Å². The van der Waals surface area contributed by atoms with Crippen LogP contribution < -0.4 is 5.32 Å². The van der Waals surface area contributed by atoms with Crippen molar-refractivity contribution in [2.24, 2.45) is 0 Å². The van der Waals surface area contributed by atoms with E-state index in [4.69, 9.17) is 4.43 Å². The lowest BCUT2D eigenvalue weighted by Gasteiger charge is -2.19. The zero-order valence-electron chi connectivity index (χ0n) is 11.5. The Morgan fingerprint density at radius 1 is 1.28 bits per heavy atom. The molecule has 0 aliphatic rings. The van der Waals surface area contributed by atoms with Crippen molar-refractivity contribution in [1.82, 2.24) is 5.32 Å². The van der Waals surface area contributed by atoms with Crippen molar-refractivity contribution in [3.8, 4) is 0 Å². The molecule has 0 spiro atoms. The highest BCUT2D eigenvalue weighted by Gasteiger charge is 2.19. The monoisotopic (exact) mass is 265 g/mol. The lowest BCUT2D eigenvalue weighted by molar-refractivity contribution is -0.120. The summed E-state index contributed by atoms with van der Waals surface area (Å²) in [6, 6.07) is 10.9. The van der Waals surface area contributed by atoms with Gasteiger partial charge in [-0.2, -0.15) is 0 Å². The van der Waals surface area contributed by atoms with Crippen molar-refractivity contribution in [1.29, 1.82) is 0 Å². The largest absolute Gasteiger partial charge is 0.420 e. The van der Waals surface area contributed by atoms with Gasteiger partial charge in [-0.25, -0.2) is 0 Å². The number of hydrogen-bond donors (Lipinski definition) is 1. The van der Waals surface area contributed by atoms with E-state index in [-0.39, 0.29) is 5.91 Å². The van der Waals surface area contributed by atoms with Gasteiger partial charge in [0.25, 0.3) is 0 Å². The highest BCUT2D eigenvalue weighted by molar-refractivity contribution is 6.71. The highest BCUT2D eigenvalue weighted by Crippen LogP contribution is 2.11. The molecule has 0 aliphatic carbocycles. The summed E-state index contributed by atoms with van der Waals surface area (Å²) in [6.07, 6.45) is 1.46. The van der Waals surface area contributed by atoms with E-state index < -0.39 is 8.32 Å². The third-order valence-electron chi connectivity index (χ3n) is 3.04. The molecule has 0 heterocycles. The molecule has 0 aromatic heterocycles. The Labute approximate surface area is 111 Å². The third-order valence-corrected chi connectivity index (χ3v) is 5.70. The minimum atomic E-state index is -1.47. The van der Waals surface area contributed by atoms with Crippen LogP contribution in [0.2, 0.25) is 19.1 Å². The third kappa shape index (κ3) is 5.98. The molecule has 0 atom stereocenters. The van der Waals surface area contributed by atoms with Gasteiger partial charge in [-0.3, -0.25) is 4.79 Å². The Bertz CT molecular complexity index is 365. The second kappa shape index (κ2) is 7.33. The smallest absolute Gasteiger partial charge is 0.224 e. The van der Waals surface area contributed by atoms with E-state index in [1.165, 1.54) is 0 Å². The molecule has 1 aromatic carbocycles. The van der Waals surface area contributed by atoms with Crippen LogP contribution in [0.4, 0.5) is 0 Å². The second-order valence-electron chi connectivity index (χ2n) is 5.08. The molecule has 1 amide bonds. The molecule has 0 fully saturated rings. The zero-order valence-corrected chi connectivity index (χ0v) is 12.5. The minimum absolute atomic E-state index is 0.0955. The fourth-order valence-corrected chi connectivity index (χ4v) is 2.92. The molecule has 1 rings (SSSR count). The molecule has 1 aromatic rings. The van der Waals surface area contributed by atoms with E-state index in [1.807, 2.05) is 30.3 Å². The maximum Gasteiger partial charge on any atom is 0.224 e. The first-order chi connectivity index (χ1) is 8.53. The topological polar surface area (TPSA) is 38.3 Å². The molecule has 1 N–H and O–H groups in total. The van der Waals surface area contributed by atoms with Crippen LogP contribution in [-0.2, 0) is 15.6 Å². The Morgan fingerprint density at radius 3 is 2.56 bits per heavy atom. The predicted octanol–water partition coefficient (Wildman–Crippen LogP) is 2.59. The molecule has 0 unspecified atom stereocenters. The molecule has 0 bridgehead atoms. The van der Waals surface area contributed by atoms with Gasteiger partial charge in [0, 0.05) is 13.7 Å². The van der Waals surface area contributed by atoms with Crippen molar-refractivity contribution >= 4 is 14.2 Å². The number of nitrogens with one attached hydrogen (secondary N) is 1. The first kappa shape index (κ1) is 14.9. The average molecular weight is 265 g/mol. The van der Waals surface area contributed by atoms with Crippen LogP contribution in [0, 0.1) is 0 Å². The summed E-state index contributed by atoms with van der Waals surface area (Å²) in [6.45, 7) is 5.13. The fourth-order valence-electron chi connectivity index (χ4n) is 1.69. The average Bonchev–Trinajstić information content (AvgIpc) is 2.36.